The molecule has 0 unspecified atom stereocenters. The molecule has 0 radical (unpaired) electrons. The van der Waals surface area contributed by atoms with Gasteiger partial charge in [0.05, 0.1) is 5.56 Å². The molecule has 2 aliphatic rings. The number of rotatable bonds is 3. The Labute approximate surface area is 254 Å². The molecule has 1 amide bonds. The number of halogens is 9. The van der Waals surface area contributed by atoms with E-state index in [4.69, 9.17) is 29.7 Å². The Morgan fingerprint density at radius 3 is 1.48 bits per heavy atom. The maximum Gasteiger partial charge on any atom is 0.490 e. The highest BCUT2D eigenvalue weighted by atomic mass is 19.4. The Bertz CT molecular complexity index is 1230. The zero-order valence-corrected chi connectivity index (χ0v) is 23.4. The van der Waals surface area contributed by atoms with Gasteiger partial charge in [-0.15, -0.1) is 0 Å². The molecule has 4 heterocycles. The van der Waals surface area contributed by atoms with Crippen LogP contribution in [0.5, 0.6) is 0 Å². The van der Waals surface area contributed by atoms with Crippen LogP contribution >= 0.6 is 0 Å². The topological polar surface area (TPSA) is 161 Å². The molecule has 256 valence electrons. The minimum atomic E-state index is -5.08. The Hall–Kier alpha value is -4.49. The van der Waals surface area contributed by atoms with Gasteiger partial charge >= 0.3 is 36.4 Å². The second-order valence-corrected chi connectivity index (χ2v) is 9.76. The third-order valence-electron chi connectivity index (χ3n) is 6.41. The third kappa shape index (κ3) is 14.1. The van der Waals surface area contributed by atoms with Crippen molar-refractivity contribution in [2.45, 2.75) is 44.3 Å². The summed E-state index contributed by atoms with van der Waals surface area (Å²) in [4.78, 5) is 52.1. The number of pyridine rings is 2. The maximum absolute atomic E-state index is 12.6. The van der Waals surface area contributed by atoms with Crippen LogP contribution in [-0.4, -0.2) is 104 Å². The van der Waals surface area contributed by atoms with Crippen LogP contribution in [-0.2, 0) is 20.9 Å². The van der Waals surface area contributed by atoms with E-state index in [1.807, 2.05) is 35.5 Å². The molecule has 11 nitrogen and oxygen atoms in total. The van der Waals surface area contributed by atoms with Gasteiger partial charge in [0.2, 0.25) is 0 Å². The molecule has 0 aromatic carbocycles. The molecule has 1 spiro atoms. The maximum atomic E-state index is 12.6. The average molecular weight is 679 g/mol. The zero-order valence-electron chi connectivity index (χ0n) is 23.4. The summed E-state index contributed by atoms with van der Waals surface area (Å²) in [7, 11) is 0. The van der Waals surface area contributed by atoms with Crippen molar-refractivity contribution in [2.75, 3.05) is 26.2 Å². The molecule has 46 heavy (non-hydrogen) atoms. The zero-order chi connectivity index (χ0) is 35.3. The predicted octanol–water partition coefficient (Wildman–Crippen LogP) is 4.50. The number of aromatic nitrogens is 2. The first-order valence-corrected chi connectivity index (χ1v) is 12.8. The van der Waals surface area contributed by atoms with E-state index in [9.17, 15) is 44.3 Å². The van der Waals surface area contributed by atoms with Gasteiger partial charge in [-0.25, -0.2) is 14.4 Å². The van der Waals surface area contributed by atoms with Crippen molar-refractivity contribution < 1.29 is 74.0 Å². The van der Waals surface area contributed by atoms with Crippen LogP contribution < -0.4 is 0 Å². The fourth-order valence-electron chi connectivity index (χ4n) is 4.12. The van der Waals surface area contributed by atoms with Crippen molar-refractivity contribution in [3.63, 3.8) is 0 Å². The van der Waals surface area contributed by atoms with Crippen molar-refractivity contribution in [3.05, 3.63) is 60.2 Å². The standard InChI is InChI=1S/C20H24N4O.3C2HF3O2/c25-19(18-4-2-9-22-14-18)24-12-7-20(16-24)5-10-23(11-6-20)15-17-3-1-8-21-13-17;3*3-2(4,5)1(6)7/h1-4,8-9,13-14H,5-7,10-12,15-16H2;3*(H,6,7). The number of nitrogens with zero attached hydrogens (tertiary/aromatic N) is 4. The van der Waals surface area contributed by atoms with E-state index < -0.39 is 36.4 Å². The van der Waals surface area contributed by atoms with Crippen LogP contribution in [0.4, 0.5) is 39.5 Å². The van der Waals surface area contributed by atoms with Crippen molar-refractivity contribution in [1.82, 2.24) is 19.8 Å². The number of carbonyl (C=O) groups is 4. The van der Waals surface area contributed by atoms with E-state index in [2.05, 4.69) is 20.9 Å². The van der Waals surface area contributed by atoms with Crippen LogP contribution in [0.2, 0.25) is 0 Å². The Kier molecular flexibility index (Phi) is 14.4. The summed E-state index contributed by atoms with van der Waals surface area (Å²) in [6, 6.07) is 7.83. The lowest BCUT2D eigenvalue weighted by atomic mass is 9.77. The Morgan fingerprint density at radius 2 is 1.11 bits per heavy atom. The number of hydrogen-bond donors (Lipinski definition) is 3. The molecule has 0 bridgehead atoms. The summed E-state index contributed by atoms with van der Waals surface area (Å²) in [6.07, 6.45) is -4.63. The van der Waals surface area contributed by atoms with Crippen molar-refractivity contribution in [2.24, 2.45) is 5.41 Å². The van der Waals surface area contributed by atoms with E-state index in [-0.39, 0.29) is 5.91 Å². The summed E-state index contributed by atoms with van der Waals surface area (Å²) < 4.78 is 95.2. The van der Waals surface area contributed by atoms with Gasteiger partial charge in [-0.2, -0.15) is 39.5 Å². The molecule has 0 saturated carbocycles. The lowest BCUT2D eigenvalue weighted by Gasteiger charge is -2.39. The molecule has 2 aliphatic heterocycles. The number of piperidine rings is 1. The molecule has 2 aromatic heterocycles. The smallest absolute Gasteiger partial charge is 0.475 e. The van der Waals surface area contributed by atoms with Gasteiger partial charge in [0.15, 0.2) is 0 Å². The van der Waals surface area contributed by atoms with Crippen molar-refractivity contribution >= 4 is 23.8 Å². The first kappa shape index (κ1) is 39.5. The molecule has 2 saturated heterocycles. The molecule has 4 rings (SSSR count). The van der Waals surface area contributed by atoms with E-state index in [1.165, 1.54) is 18.4 Å². The number of carbonyl (C=O) groups excluding carboxylic acids is 1. The second-order valence-electron chi connectivity index (χ2n) is 9.76. The summed E-state index contributed by atoms with van der Waals surface area (Å²) >= 11 is 0. The minimum absolute atomic E-state index is 0.128. The number of likely N-dealkylation sites (tertiary alicyclic amines) is 2. The number of hydrogen-bond acceptors (Lipinski definition) is 7. The highest BCUT2D eigenvalue weighted by molar-refractivity contribution is 5.94. The summed E-state index contributed by atoms with van der Waals surface area (Å²) in [5.41, 5.74) is 2.29. The fraction of sp³-hybridized carbons (Fsp3) is 0.462. The third-order valence-corrected chi connectivity index (χ3v) is 6.41. The first-order valence-electron chi connectivity index (χ1n) is 12.8. The Morgan fingerprint density at radius 1 is 0.696 bits per heavy atom. The minimum Gasteiger partial charge on any atom is -0.475 e. The van der Waals surface area contributed by atoms with E-state index in [0.29, 0.717) is 11.0 Å². The van der Waals surface area contributed by atoms with Crippen LogP contribution in [0.25, 0.3) is 0 Å². The number of aliphatic carboxylic acids is 3. The number of amides is 1. The van der Waals surface area contributed by atoms with E-state index in [1.54, 1.807) is 12.4 Å². The SMILES string of the molecule is O=C(O)C(F)(F)F.O=C(O)C(F)(F)F.O=C(O)C(F)(F)F.O=C(c1cccnc1)N1CCC2(CCN(Cc3cccnc3)CC2)C1. The quantitative estimate of drug-likeness (QED) is 0.394. The summed E-state index contributed by atoms with van der Waals surface area (Å²) in [5, 5.41) is 21.4. The molecule has 0 aliphatic carbocycles. The predicted molar refractivity (Wildman–Crippen MR) is 137 cm³/mol. The second kappa shape index (κ2) is 16.7. The molecular weight excluding hydrogens is 651 g/mol. The highest BCUT2D eigenvalue weighted by Gasteiger charge is 2.42. The molecule has 3 N–H and O–H groups in total. The highest BCUT2D eigenvalue weighted by Crippen LogP contribution is 2.41. The van der Waals surface area contributed by atoms with Gasteiger partial charge in [-0.05, 0) is 61.5 Å². The van der Waals surface area contributed by atoms with Gasteiger partial charge in [-0.3, -0.25) is 19.7 Å². The monoisotopic (exact) mass is 678 g/mol. The lowest BCUT2D eigenvalue weighted by molar-refractivity contribution is -0.193. The van der Waals surface area contributed by atoms with E-state index >= 15 is 0 Å². The number of carboxylic acid groups (broad SMARTS) is 3. The molecular formula is C26H27F9N4O7. The van der Waals surface area contributed by atoms with Gasteiger partial charge in [0, 0.05) is 44.4 Å². The normalized spacial score (nSPS) is 16.1. The Balaban J connectivity index is 0.000000413. The van der Waals surface area contributed by atoms with Gasteiger partial charge in [-0.1, -0.05) is 6.07 Å². The van der Waals surface area contributed by atoms with Gasteiger partial charge in [0.1, 0.15) is 0 Å². The van der Waals surface area contributed by atoms with Crippen LogP contribution in [0.1, 0.15) is 35.2 Å². The van der Waals surface area contributed by atoms with Crippen LogP contribution in [0, 0.1) is 5.41 Å². The lowest BCUT2D eigenvalue weighted by Crippen LogP contribution is -2.42. The molecule has 20 heteroatoms. The van der Waals surface area contributed by atoms with Crippen LogP contribution in [0.15, 0.2) is 49.1 Å². The van der Waals surface area contributed by atoms with Gasteiger partial charge in [0.25, 0.3) is 5.91 Å². The van der Waals surface area contributed by atoms with Gasteiger partial charge < -0.3 is 20.2 Å². The number of alkyl halides is 9. The summed E-state index contributed by atoms with van der Waals surface area (Å²) in [5.74, 6) is -8.14. The van der Waals surface area contributed by atoms with E-state index in [0.717, 1.165) is 39.1 Å². The summed E-state index contributed by atoms with van der Waals surface area (Å²) in [6.45, 7) is 4.94. The molecule has 2 fully saturated rings. The van der Waals surface area contributed by atoms with Crippen molar-refractivity contribution in [1.29, 1.82) is 0 Å². The first-order chi connectivity index (χ1) is 21.1. The number of carboxylic acids is 3. The molecule has 0 atom stereocenters. The van der Waals surface area contributed by atoms with Crippen molar-refractivity contribution in [3.8, 4) is 0 Å². The van der Waals surface area contributed by atoms with Crippen LogP contribution in [0.3, 0.4) is 0 Å². The fourth-order valence-corrected chi connectivity index (χ4v) is 4.12. The largest absolute Gasteiger partial charge is 0.490 e. The molecule has 2 aromatic rings. The average Bonchev–Trinajstić information content (AvgIpc) is 3.38.